The van der Waals surface area contributed by atoms with Gasteiger partial charge in [-0.2, -0.15) is 0 Å². The summed E-state index contributed by atoms with van der Waals surface area (Å²) in [5.41, 5.74) is 0. The fourth-order valence-electron chi connectivity index (χ4n) is 0.957. The zero-order valence-corrected chi connectivity index (χ0v) is 5.14. The van der Waals surface area contributed by atoms with Gasteiger partial charge < -0.3 is 2.85 Å². The van der Waals surface area contributed by atoms with Crippen molar-refractivity contribution in [2.24, 2.45) is 0 Å². The molecule has 0 atom stereocenters. The van der Waals surface area contributed by atoms with E-state index in [9.17, 15) is 0 Å². The van der Waals surface area contributed by atoms with Crippen LogP contribution in [-0.4, -0.2) is 16.3 Å². The summed E-state index contributed by atoms with van der Waals surface area (Å²) in [5, 5.41) is 0. The Morgan fingerprint density at radius 1 is 1.33 bits per heavy atom. The van der Waals surface area contributed by atoms with Crippen molar-refractivity contribution in [3.8, 4) is 0 Å². The van der Waals surface area contributed by atoms with Gasteiger partial charge in [0.15, 0.2) is 0 Å². The number of hydrogen-bond donors (Lipinski definition) is 0. The molecule has 1 saturated carbocycles. The Morgan fingerprint density at radius 2 is 1.83 bits per heavy atom. The molecule has 0 aromatic rings. The fraction of sp³-hybridized carbons (Fsp3) is 1.00. The van der Waals surface area contributed by atoms with Crippen LogP contribution in [0, 0.1) is 0 Å². The van der Waals surface area contributed by atoms with E-state index in [1.54, 1.807) is 0 Å². The molecular weight excluding hydrogens is 87.0 g/mol. The molecule has 0 aromatic carbocycles. The molecular formula is C5H11Al. The predicted molar refractivity (Wildman–Crippen MR) is 30.2 cm³/mol. The first-order valence-electron chi connectivity index (χ1n) is 2.65. The molecule has 1 aliphatic carbocycles. The predicted octanol–water partition coefficient (Wildman–Crippen LogP) is 1.74. The van der Waals surface area contributed by atoms with Gasteiger partial charge in [-0.25, -0.2) is 0 Å². The van der Waals surface area contributed by atoms with Crippen molar-refractivity contribution in [3.63, 3.8) is 0 Å². The largest absolute Gasteiger partial charge is 1.00 e. The van der Waals surface area contributed by atoms with Crippen LogP contribution in [0.3, 0.4) is 0 Å². The molecule has 0 nitrogen and oxygen atoms in total. The van der Waals surface area contributed by atoms with Crippen LogP contribution in [-0.2, 0) is 0 Å². The van der Waals surface area contributed by atoms with Crippen molar-refractivity contribution in [2.45, 2.75) is 30.5 Å². The molecule has 1 fully saturated rings. The van der Waals surface area contributed by atoms with E-state index in [0.29, 0.717) is 0 Å². The second-order valence-corrected chi connectivity index (χ2v) is 2.99. The maximum Gasteiger partial charge on any atom is -1.00 e. The fourth-order valence-corrected chi connectivity index (χ4v) is 1.43. The van der Waals surface area contributed by atoms with Crippen molar-refractivity contribution >= 4 is 16.3 Å². The maximum absolute atomic E-state index is 2.87. The smallest absolute Gasteiger partial charge is 1.00 e. The minimum absolute atomic E-state index is 0. The van der Waals surface area contributed by atoms with Crippen molar-refractivity contribution in [1.82, 2.24) is 0 Å². The zero-order valence-electron chi connectivity index (χ0n) is 5.98. The summed E-state index contributed by atoms with van der Waals surface area (Å²) in [5.74, 6) is 0. The summed E-state index contributed by atoms with van der Waals surface area (Å²) in [4.78, 5) is 0. The maximum atomic E-state index is 2.87. The minimum atomic E-state index is 0. The molecule has 0 heterocycles. The molecule has 34 valence electrons. The van der Waals surface area contributed by atoms with Crippen molar-refractivity contribution in [1.29, 1.82) is 0 Å². The van der Waals surface area contributed by atoms with Crippen LogP contribution in [0.2, 0.25) is 4.78 Å². The average molecular weight is 98.1 g/mol. The Labute approximate surface area is 50.3 Å². The van der Waals surface area contributed by atoms with E-state index in [1.165, 1.54) is 25.7 Å². The van der Waals surface area contributed by atoms with Gasteiger partial charge in [-0.1, -0.05) is 0 Å². The van der Waals surface area contributed by atoms with Crippen LogP contribution in [0.5, 0.6) is 0 Å². The van der Waals surface area contributed by atoms with Crippen LogP contribution in [0.1, 0.15) is 28.5 Å². The first-order chi connectivity index (χ1) is 2.89. The summed E-state index contributed by atoms with van der Waals surface area (Å²) in [6.07, 6.45) is 5.83. The summed E-state index contributed by atoms with van der Waals surface area (Å²) in [6.45, 7) is 0. The third-order valence-corrected chi connectivity index (χ3v) is 2.07. The summed E-state index contributed by atoms with van der Waals surface area (Å²) in [7, 11) is 0. The molecule has 0 N–H and O–H groups in total. The van der Waals surface area contributed by atoms with E-state index >= 15 is 0 Å². The van der Waals surface area contributed by atoms with Crippen LogP contribution < -0.4 is 0 Å². The third kappa shape index (κ3) is 0.997. The molecule has 1 aliphatic rings. The molecule has 0 saturated heterocycles. The zero-order chi connectivity index (χ0) is 4.41. The van der Waals surface area contributed by atoms with E-state index in [4.69, 9.17) is 0 Å². The molecule has 1 heteroatoms. The normalized spacial score (nSPS) is 25.7. The first kappa shape index (κ1) is 4.69. The van der Waals surface area contributed by atoms with E-state index in [1.807, 2.05) is 0 Å². The minimum Gasteiger partial charge on any atom is -1.00 e. The van der Waals surface area contributed by atoms with Crippen molar-refractivity contribution in [2.75, 3.05) is 0 Å². The Morgan fingerprint density at radius 3 is 2.00 bits per heavy atom. The van der Waals surface area contributed by atoms with E-state index < -0.39 is 0 Å². The van der Waals surface area contributed by atoms with Crippen LogP contribution in [0.4, 0.5) is 0 Å². The van der Waals surface area contributed by atoms with Crippen LogP contribution in [0.25, 0.3) is 0 Å². The summed E-state index contributed by atoms with van der Waals surface area (Å²) < 4.78 is 0.963. The van der Waals surface area contributed by atoms with Gasteiger partial charge in [-0.05, 0) is 0 Å². The van der Waals surface area contributed by atoms with Gasteiger partial charge in [-0.3, -0.25) is 0 Å². The molecule has 0 spiro atoms. The Balaban J connectivity index is 0. The van der Waals surface area contributed by atoms with Gasteiger partial charge in [0.2, 0.25) is 0 Å². The van der Waals surface area contributed by atoms with Gasteiger partial charge in [0.25, 0.3) is 0 Å². The standard InChI is InChI=1S/C5H9.Al.2H/c1-2-4-5-3-1;;;/h1H,2-5H2;;;/q;+2;2*-1. The molecule has 0 aliphatic heterocycles. The molecule has 0 bridgehead atoms. The van der Waals surface area contributed by atoms with Crippen LogP contribution >= 0.6 is 0 Å². The van der Waals surface area contributed by atoms with E-state index in [0.717, 1.165) is 4.78 Å². The quantitative estimate of drug-likeness (QED) is 0.405. The topological polar surface area (TPSA) is 0 Å². The molecule has 1 rings (SSSR count). The SMILES string of the molecule is [Al+2][CH]1CCCC1.[H-].[H-]. The molecule has 0 amide bonds. The molecule has 0 aromatic heterocycles. The van der Waals surface area contributed by atoms with Crippen molar-refractivity contribution < 1.29 is 2.85 Å². The van der Waals surface area contributed by atoms with Gasteiger partial charge in [0, 0.05) is 0 Å². The van der Waals surface area contributed by atoms with Gasteiger partial charge in [0.1, 0.15) is 0 Å². The Hall–Kier alpha value is 0.532. The van der Waals surface area contributed by atoms with Gasteiger partial charge >= 0.3 is 46.8 Å². The second-order valence-electron chi connectivity index (χ2n) is 2.04. The third-order valence-electron chi connectivity index (χ3n) is 1.40. The van der Waals surface area contributed by atoms with Gasteiger partial charge in [-0.15, -0.1) is 0 Å². The monoisotopic (exact) mass is 98.1 g/mol. The Bertz CT molecular complexity index is 43.7. The summed E-state index contributed by atoms with van der Waals surface area (Å²) >= 11 is 2.87. The first-order valence-corrected chi connectivity index (χ1v) is 3.32. The van der Waals surface area contributed by atoms with Crippen molar-refractivity contribution in [3.05, 3.63) is 0 Å². The van der Waals surface area contributed by atoms with E-state index in [-0.39, 0.29) is 2.85 Å². The van der Waals surface area contributed by atoms with E-state index in [2.05, 4.69) is 16.3 Å². The molecule has 0 radical (unpaired) electrons. The number of rotatable bonds is 0. The second kappa shape index (κ2) is 2.00. The average Bonchev–Trinajstić information content (AvgIpc) is 1.86. The summed E-state index contributed by atoms with van der Waals surface area (Å²) in [6, 6.07) is 0. The number of hydrogen-bond acceptors (Lipinski definition) is 0. The van der Waals surface area contributed by atoms with Crippen LogP contribution in [0.15, 0.2) is 0 Å². The van der Waals surface area contributed by atoms with Gasteiger partial charge in [0.05, 0.1) is 0 Å². The molecule has 0 unspecified atom stereocenters. The Kier molecular flexibility index (Phi) is 1.56. The molecule has 6 heavy (non-hydrogen) atoms.